The highest BCUT2D eigenvalue weighted by Gasteiger charge is 2.28. The molecule has 1 unspecified atom stereocenters. The topological polar surface area (TPSA) is 30.7 Å². The summed E-state index contributed by atoms with van der Waals surface area (Å²) in [4.78, 5) is 4.57. The molecular weight excluding hydrogens is 246 g/mol. The van der Waals surface area contributed by atoms with Crippen LogP contribution in [0.15, 0.2) is 29.3 Å². The van der Waals surface area contributed by atoms with Crippen molar-refractivity contribution in [3.63, 3.8) is 0 Å². The highest BCUT2D eigenvalue weighted by atomic mass is 35.5. The van der Waals surface area contributed by atoms with E-state index >= 15 is 0 Å². The molecule has 0 spiro atoms. The molecule has 0 saturated heterocycles. The van der Waals surface area contributed by atoms with Crippen LogP contribution in [0.3, 0.4) is 0 Å². The van der Waals surface area contributed by atoms with Gasteiger partial charge < -0.3 is 0 Å². The molecule has 3 nitrogen and oxygen atoms in total. The van der Waals surface area contributed by atoms with E-state index in [1.165, 1.54) is 5.57 Å². The van der Waals surface area contributed by atoms with Crippen molar-refractivity contribution in [1.29, 1.82) is 0 Å². The van der Waals surface area contributed by atoms with E-state index < -0.39 is 0 Å². The van der Waals surface area contributed by atoms with Gasteiger partial charge in [0.25, 0.3) is 0 Å². The Kier molecular flexibility index (Phi) is 3.08. The molecule has 1 aliphatic carbocycles. The van der Waals surface area contributed by atoms with Crippen LogP contribution in [0.2, 0.25) is 0 Å². The van der Waals surface area contributed by atoms with Crippen molar-refractivity contribution >= 4 is 17.7 Å². The summed E-state index contributed by atoms with van der Waals surface area (Å²) in [5.74, 6) is 2.05. The highest BCUT2D eigenvalue weighted by molar-refractivity contribution is 6.32. The third-order valence-electron chi connectivity index (χ3n) is 3.58. The van der Waals surface area contributed by atoms with Crippen molar-refractivity contribution in [2.24, 2.45) is 0 Å². The first-order valence-electron chi connectivity index (χ1n) is 6.43. The van der Waals surface area contributed by atoms with Gasteiger partial charge in [-0.25, -0.2) is 9.67 Å². The molecule has 0 radical (unpaired) electrons. The van der Waals surface area contributed by atoms with Crippen LogP contribution in [-0.4, -0.2) is 14.8 Å². The first kappa shape index (κ1) is 11.7. The second-order valence-corrected chi connectivity index (χ2v) is 5.15. The van der Waals surface area contributed by atoms with Crippen LogP contribution in [0, 0.1) is 0 Å². The SMILES string of the molecule is C=Cc1nc2n(n1)CCCC2C1=CCCC=C1Cl. The molecule has 0 saturated carbocycles. The Hall–Kier alpha value is -1.35. The van der Waals surface area contributed by atoms with Gasteiger partial charge in [-0.2, -0.15) is 5.10 Å². The predicted octanol–water partition coefficient (Wildman–Crippen LogP) is 3.64. The van der Waals surface area contributed by atoms with Gasteiger partial charge in [-0.15, -0.1) is 0 Å². The van der Waals surface area contributed by atoms with E-state index in [1.54, 1.807) is 6.08 Å². The summed E-state index contributed by atoms with van der Waals surface area (Å²) in [6.45, 7) is 4.68. The lowest BCUT2D eigenvalue weighted by atomic mass is 9.87. The van der Waals surface area contributed by atoms with Crippen LogP contribution in [0.5, 0.6) is 0 Å². The van der Waals surface area contributed by atoms with E-state index in [-0.39, 0.29) is 0 Å². The molecule has 3 rings (SSSR count). The zero-order valence-corrected chi connectivity index (χ0v) is 11.0. The fourth-order valence-electron chi connectivity index (χ4n) is 2.72. The molecule has 0 amide bonds. The average Bonchev–Trinajstić information content (AvgIpc) is 2.82. The predicted molar refractivity (Wildman–Crippen MR) is 73.3 cm³/mol. The second-order valence-electron chi connectivity index (χ2n) is 4.74. The standard InChI is InChI=1S/C14H16ClN3/c1-2-13-16-14-11(7-5-9-18(14)17-13)10-6-3-4-8-12(10)15/h2,6,8,11H,1,3-5,7,9H2. The summed E-state index contributed by atoms with van der Waals surface area (Å²) >= 11 is 6.34. The van der Waals surface area contributed by atoms with Gasteiger partial charge in [0.05, 0.1) is 0 Å². The average molecular weight is 262 g/mol. The molecule has 0 N–H and O–H groups in total. The molecule has 18 heavy (non-hydrogen) atoms. The fraction of sp³-hybridized carbons (Fsp3) is 0.429. The molecule has 4 heteroatoms. The number of aryl methyl sites for hydroxylation is 1. The maximum atomic E-state index is 6.34. The quantitative estimate of drug-likeness (QED) is 0.814. The lowest BCUT2D eigenvalue weighted by molar-refractivity contribution is 0.443. The molecule has 0 aromatic carbocycles. The Labute approximate surface area is 112 Å². The molecule has 0 fully saturated rings. The Morgan fingerprint density at radius 2 is 2.22 bits per heavy atom. The summed E-state index contributed by atoms with van der Waals surface area (Å²) in [6, 6.07) is 0. The third-order valence-corrected chi connectivity index (χ3v) is 3.95. The fourth-order valence-corrected chi connectivity index (χ4v) is 3.04. The third kappa shape index (κ3) is 1.93. The number of allylic oxidation sites excluding steroid dienone is 4. The maximum Gasteiger partial charge on any atom is 0.173 e. The van der Waals surface area contributed by atoms with Crippen molar-refractivity contribution in [2.45, 2.75) is 38.1 Å². The van der Waals surface area contributed by atoms with E-state index in [9.17, 15) is 0 Å². The van der Waals surface area contributed by atoms with Gasteiger partial charge in [0.2, 0.25) is 0 Å². The van der Waals surface area contributed by atoms with Crippen LogP contribution in [0.25, 0.3) is 6.08 Å². The monoisotopic (exact) mass is 261 g/mol. The van der Waals surface area contributed by atoms with Crippen LogP contribution in [0.1, 0.15) is 43.3 Å². The van der Waals surface area contributed by atoms with Crippen LogP contribution >= 0.6 is 11.6 Å². The molecule has 2 aliphatic rings. The first-order chi connectivity index (χ1) is 8.79. The molecule has 2 heterocycles. The van der Waals surface area contributed by atoms with E-state index in [0.717, 1.165) is 43.1 Å². The van der Waals surface area contributed by atoms with Crippen molar-refractivity contribution in [3.05, 3.63) is 41.0 Å². The van der Waals surface area contributed by atoms with Gasteiger partial charge in [-0.1, -0.05) is 30.3 Å². The van der Waals surface area contributed by atoms with Gasteiger partial charge >= 0.3 is 0 Å². The van der Waals surface area contributed by atoms with Gasteiger partial charge in [0, 0.05) is 17.5 Å². The van der Waals surface area contributed by atoms with E-state index in [2.05, 4.69) is 28.8 Å². The summed E-state index contributed by atoms with van der Waals surface area (Å²) < 4.78 is 2.00. The lowest BCUT2D eigenvalue weighted by Gasteiger charge is -2.25. The minimum Gasteiger partial charge on any atom is -0.249 e. The minimum atomic E-state index is 0.295. The van der Waals surface area contributed by atoms with E-state index in [1.807, 2.05) is 4.68 Å². The Bertz CT molecular complexity index is 539. The van der Waals surface area contributed by atoms with E-state index in [0.29, 0.717) is 11.7 Å². The number of hydrogen-bond donors (Lipinski definition) is 0. The summed E-state index contributed by atoms with van der Waals surface area (Å²) in [5, 5.41) is 5.33. The van der Waals surface area contributed by atoms with Gasteiger partial charge in [-0.05, 0) is 37.3 Å². The molecule has 0 bridgehead atoms. The number of aromatic nitrogens is 3. The van der Waals surface area contributed by atoms with Crippen molar-refractivity contribution < 1.29 is 0 Å². The van der Waals surface area contributed by atoms with Gasteiger partial charge in [0.15, 0.2) is 5.82 Å². The minimum absolute atomic E-state index is 0.295. The Morgan fingerprint density at radius 1 is 1.39 bits per heavy atom. The maximum absolute atomic E-state index is 6.34. The van der Waals surface area contributed by atoms with Crippen molar-refractivity contribution in [1.82, 2.24) is 14.8 Å². The van der Waals surface area contributed by atoms with Crippen LogP contribution < -0.4 is 0 Å². The summed E-state index contributed by atoms with van der Waals surface area (Å²) in [7, 11) is 0. The number of halogens is 1. The highest BCUT2D eigenvalue weighted by Crippen LogP contribution is 2.39. The zero-order chi connectivity index (χ0) is 12.5. The van der Waals surface area contributed by atoms with Gasteiger partial charge in [0.1, 0.15) is 5.82 Å². The molecular formula is C14H16ClN3. The summed E-state index contributed by atoms with van der Waals surface area (Å²) in [6.07, 6.45) is 10.4. The lowest BCUT2D eigenvalue weighted by Crippen LogP contribution is -2.19. The van der Waals surface area contributed by atoms with Crippen LogP contribution in [-0.2, 0) is 6.54 Å². The zero-order valence-electron chi connectivity index (χ0n) is 10.3. The molecule has 94 valence electrons. The second kappa shape index (κ2) is 4.73. The molecule has 1 aliphatic heterocycles. The van der Waals surface area contributed by atoms with Gasteiger partial charge in [-0.3, -0.25) is 0 Å². The van der Waals surface area contributed by atoms with Crippen LogP contribution in [0.4, 0.5) is 0 Å². The molecule has 1 aromatic rings. The molecule has 1 aromatic heterocycles. The first-order valence-corrected chi connectivity index (χ1v) is 6.80. The normalized spacial score (nSPS) is 23.1. The number of fused-ring (bicyclic) bond motifs is 1. The Balaban J connectivity index is 2.00. The van der Waals surface area contributed by atoms with Crippen molar-refractivity contribution in [3.8, 4) is 0 Å². The van der Waals surface area contributed by atoms with E-state index in [4.69, 9.17) is 11.6 Å². The summed E-state index contributed by atoms with van der Waals surface area (Å²) in [5.41, 5.74) is 1.23. The Morgan fingerprint density at radius 3 is 3.00 bits per heavy atom. The van der Waals surface area contributed by atoms with Crippen molar-refractivity contribution in [2.75, 3.05) is 0 Å². The number of nitrogens with zero attached hydrogens (tertiary/aromatic N) is 3. The number of rotatable bonds is 2. The smallest absolute Gasteiger partial charge is 0.173 e. The largest absolute Gasteiger partial charge is 0.249 e. The number of hydrogen-bond acceptors (Lipinski definition) is 2. The molecule has 1 atom stereocenters.